The van der Waals surface area contributed by atoms with Crippen LogP contribution in [0.3, 0.4) is 0 Å². The van der Waals surface area contributed by atoms with Gasteiger partial charge in [0.15, 0.2) is 0 Å². The Morgan fingerprint density at radius 2 is 1.60 bits per heavy atom. The molecule has 20 heavy (non-hydrogen) atoms. The highest BCUT2D eigenvalue weighted by Crippen LogP contribution is 2.00. The largest absolute Gasteiger partial charge is 0.460 e. The summed E-state index contributed by atoms with van der Waals surface area (Å²) in [7, 11) is 0. The Morgan fingerprint density at radius 3 is 2.20 bits per heavy atom. The molecular formula is C15H18O5. The third-order valence-electron chi connectivity index (χ3n) is 2.28. The number of ether oxygens (including phenoxy) is 3. The summed E-state index contributed by atoms with van der Waals surface area (Å²) in [5.74, 6) is -0.827. The highest BCUT2D eigenvalue weighted by molar-refractivity contribution is 5.89. The molecule has 1 aromatic rings. The van der Waals surface area contributed by atoms with E-state index in [4.69, 9.17) is 14.2 Å². The second kappa shape index (κ2) is 8.87. The Labute approximate surface area is 118 Å². The van der Waals surface area contributed by atoms with E-state index in [2.05, 4.69) is 6.58 Å². The lowest BCUT2D eigenvalue weighted by atomic mass is 10.2. The molecule has 0 N–H and O–H groups in total. The van der Waals surface area contributed by atoms with E-state index < -0.39 is 5.97 Å². The molecule has 5 nitrogen and oxygen atoms in total. The summed E-state index contributed by atoms with van der Waals surface area (Å²) >= 11 is 0. The molecule has 0 bridgehead atoms. The van der Waals surface area contributed by atoms with E-state index >= 15 is 0 Å². The lowest BCUT2D eigenvalue weighted by Gasteiger charge is -2.07. The Hall–Kier alpha value is -2.14. The van der Waals surface area contributed by atoms with Crippen molar-refractivity contribution in [2.75, 3.05) is 26.4 Å². The predicted octanol–water partition coefficient (Wildman–Crippen LogP) is 1.98. The van der Waals surface area contributed by atoms with E-state index in [1.54, 1.807) is 31.2 Å². The van der Waals surface area contributed by atoms with E-state index in [-0.39, 0.29) is 32.4 Å². The minimum Gasteiger partial charge on any atom is -0.460 e. The van der Waals surface area contributed by atoms with Crippen LogP contribution >= 0.6 is 0 Å². The van der Waals surface area contributed by atoms with Crippen LogP contribution < -0.4 is 0 Å². The molecular weight excluding hydrogens is 260 g/mol. The van der Waals surface area contributed by atoms with Crippen molar-refractivity contribution in [2.45, 2.75) is 6.92 Å². The van der Waals surface area contributed by atoms with E-state index in [0.29, 0.717) is 11.1 Å². The summed E-state index contributed by atoms with van der Waals surface area (Å²) in [6, 6.07) is 8.72. The number of carbonyl (C=O) groups is 2. The number of hydrogen-bond acceptors (Lipinski definition) is 5. The van der Waals surface area contributed by atoms with Crippen molar-refractivity contribution in [3.63, 3.8) is 0 Å². The molecule has 0 fully saturated rings. The first-order chi connectivity index (χ1) is 9.61. The Balaban J connectivity index is 2.04. The molecule has 0 aromatic heterocycles. The van der Waals surface area contributed by atoms with Crippen LogP contribution in [0.25, 0.3) is 0 Å². The van der Waals surface area contributed by atoms with Crippen LogP contribution in [-0.4, -0.2) is 38.4 Å². The zero-order valence-electron chi connectivity index (χ0n) is 11.5. The predicted molar refractivity (Wildman–Crippen MR) is 73.3 cm³/mol. The summed E-state index contributed by atoms with van der Waals surface area (Å²) in [6.07, 6.45) is 0. The van der Waals surface area contributed by atoms with Gasteiger partial charge in [-0.25, -0.2) is 9.59 Å². The summed E-state index contributed by atoms with van der Waals surface area (Å²) in [6.45, 7) is 5.85. The molecule has 5 heteroatoms. The van der Waals surface area contributed by atoms with E-state index in [9.17, 15) is 9.59 Å². The monoisotopic (exact) mass is 278 g/mol. The minimum atomic E-state index is -0.441. The number of benzene rings is 1. The third-order valence-corrected chi connectivity index (χ3v) is 2.28. The van der Waals surface area contributed by atoms with Gasteiger partial charge in [-0.2, -0.15) is 0 Å². The molecule has 0 heterocycles. The van der Waals surface area contributed by atoms with Gasteiger partial charge in [0.1, 0.15) is 13.2 Å². The van der Waals surface area contributed by atoms with Gasteiger partial charge in [0, 0.05) is 5.57 Å². The molecule has 108 valence electrons. The van der Waals surface area contributed by atoms with Gasteiger partial charge in [-0.3, -0.25) is 0 Å². The van der Waals surface area contributed by atoms with E-state index in [1.807, 2.05) is 6.07 Å². The smallest absolute Gasteiger partial charge is 0.338 e. The topological polar surface area (TPSA) is 61.8 Å². The molecule has 0 radical (unpaired) electrons. The van der Waals surface area contributed by atoms with Crippen molar-refractivity contribution in [1.82, 2.24) is 0 Å². The fourth-order valence-electron chi connectivity index (χ4n) is 1.27. The van der Waals surface area contributed by atoms with Gasteiger partial charge < -0.3 is 14.2 Å². The Bertz CT molecular complexity index is 453. The lowest BCUT2D eigenvalue weighted by molar-refractivity contribution is -0.140. The van der Waals surface area contributed by atoms with Crippen LogP contribution in [0.15, 0.2) is 42.5 Å². The first-order valence-electron chi connectivity index (χ1n) is 6.24. The average molecular weight is 278 g/mol. The zero-order chi connectivity index (χ0) is 14.8. The molecule has 0 saturated carbocycles. The number of esters is 2. The third kappa shape index (κ3) is 6.15. The lowest BCUT2D eigenvalue weighted by Crippen LogP contribution is -2.14. The molecule has 1 rings (SSSR count). The van der Waals surface area contributed by atoms with Crippen molar-refractivity contribution in [3.8, 4) is 0 Å². The van der Waals surface area contributed by atoms with Crippen LogP contribution in [0, 0.1) is 0 Å². The summed E-state index contributed by atoms with van der Waals surface area (Å²) in [5, 5.41) is 0. The SMILES string of the molecule is C=C(C)C(=O)OCCOCCOC(=O)c1ccccc1. The molecule has 0 spiro atoms. The van der Waals surface area contributed by atoms with E-state index in [0.717, 1.165) is 0 Å². The standard InChI is InChI=1S/C15H18O5/c1-12(2)14(16)19-10-8-18-9-11-20-15(17)13-6-4-3-5-7-13/h3-7H,1,8-11H2,2H3. The van der Waals surface area contributed by atoms with Crippen LogP contribution in [0.2, 0.25) is 0 Å². The minimum absolute atomic E-state index is 0.151. The molecule has 0 saturated heterocycles. The second-order valence-electron chi connectivity index (χ2n) is 4.03. The van der Waals surface area contributed by atoms with Gasteiger partial charge in [0.2, 0.25) is 0 Å². The van der Waals surface area contributed by atoms with Crippen molar-refractivity contribution >= 4 is 11.9 Å². The molecule has 0 amide bonds. The van der Waals surface area contributed by atoms with E-state index in [1.165, 1.54) is 0 Å². The van der Waals surface area contributed by atoms with Gasteiger partial charge in [-0.15, -0.1) is 0 Å². The summed E-state index contributed by atoms with van der Waals surface area (Å²) in [4.78, 5) is 22.6. The quantitative estimate of drug-likeness (QED) is 0.413. The van der Waals surface area contributed by atoms with Crippen molar-refractivity contribution in [2.24, 2.45) is 0 Å². The summed E-state index contributed by atoms with van der Waals surface area (Å²) < 4.78 is 15.0. The zero-order valence-corrected chi connectivity index (χ0v) is 11.5. The van der Waals surface area contributed by atoms with Gasteiger partial charge in [-0.1, -0.05) is 24.8 Å². The molecule has 0 aliphatic carbocycles. The maximum atomic E-state index is 11.5. The Morgan fingerprint density at radius 1 is 1.00 bits per heavy atom. The fourth-order valence-corrected chi connectivity index (χ4v) is 1.27. The van der Waals surface area contributed by atoms with Gasteiger partial charge in [0.05, 0.1) is 18.8 Å². The molecule has 0 aliphatic rings. The number of carbonyl (C=O) groups excluding carboxylic acids is 2. The molecule has 1 aromatic carbocycles. The van der Waals surface area contributed by atoms with Crippen molar-refractivity contribution in [3.05, 3.63) is 48.0 Å². The molecule has 0 unspecified atom stereocenters. The Kier molecular flexibility index (Phi) is 7.06. The highest BCUT2D eigenvalue weighted by Gasteiger charge is 2.05. The number of rotatable bonds is 8. The average Bonchev–Trinajstić information content (AvgIpc) is 2.46. The second-order valence-corrected chi connectivity index (χ2v) is 4.03. The first-order valence-corrected chi connectivity index (χ1v) is 6.24. The fraction of sp³-hybridized carbons (Fsp3) is 0.333. The van der Waals surface area contributed by atoms with Crippen LogP contribution in [-0.2, 0) is 19.0 Å². The normalized spacial score (nSPS) is 9.85. The first kappa shape index (κ1) is 15.9. The van der Waals surface area contributed by atoms with Crippen LogP contribution in [0.4, 0.5) is 0 Å². The van der Waals surface area contributed by atoms with Crippen molar-refractivity contribution in [1.29, 1.82) is 0 Å². The van der Waals surface area contributed by atoms with Gasteiger partial charge >= 0.3 is 11.9 Å². The maximum Gasteiger partial charge on any atom is 0.338 e. The highest BCUT2D eigenvalue weighted by atomic mass is 16.6. The van der Waals surface area contributed by atoms with Crippen LogP contribution in [0.5, 0.6) is 0 Å². The maximum absolute atomic E-state index is 11.5. The van der Waals surface area contributed by atoms with Crippen LogP contribution in [0.1, 0.15) is 17.3 Å². The number of hydrogen-bond donors (Lipinski definition) is 0. The molecule has 0 atom stereocenters. The molecule has 0 aliphatic heterocycles. The van der Waals surface area contributed by atoms with Gasteiger partial charge in [-0.05, 0) is 19.1 Å². The van der Waals surface area contributed by atoms with Crippen molar-refractivity contribution < 1.29 is 23.8 Å². The van der Waals surface area contributed by atoms with Gasteiger partial charge in [0.25, 0.3) is 0 Å². The summed E-state index contributed by atoms with van der Waals surface area (Å²) in [5.41, 5.74) is 0.852.